The molecule has 1 aromatic heterocycles. The highest BCUT2D eigenvalue weighted by Crippen LogP contribution is 2.26. The number of carboxylic acids is 1. The molecule has 6 heteroatoms. The van der Waals surface area contributed by atoms with Crippen LogP contribution < -0.4 is 0 Å². The second-order valence-electron chi connectivity index (χ2n) is 3.50. The molecule has 0 aliphatic heterocycles. The molecule has 2 rings (SSSR count). The minimum absolute atomic E-state index is 0.234. The van der Waals surface area contributed by atoms with Gasteiger partial charge in [0.25, 0.3) is 5.24 Å². The van der Waals surface area contributed by atoms with E-state index in [9.17, 15) is 9.59 Å². The van der Waals surface area contributed by atoms with Gasteiger partial charge in [0.1, 0.15) is 6.54 Å². The Hall–Kier alpha value is -1.52. The zero-order chi connectivity index (χ0) is 12.6. The summed E-state index contributed by atoms with van der Waals surface area (Å²) in [5, 5.41) is 9.14. The monoisotopic (exact) mass is 271 g/mol. The second-order valence-corrected chi connectivity index (χ2v) is 4.28. The number of halogens is 2. The summed E-state index contributed by atoms with van der Waals surface area (Å²) in [4.78, 5) is 21.9. The summed E-state index contributed by atoms with van der Waals surface area (Å²) in [7, 11) is 0. The minimum atomic E-state index is -0.995. The van der Waals surface area contributed by atoms with Crippen LogP contribution >= 0.6 is 23.2 Å². The highest BCUT2D eigenvalue weighted by Gasteiger charge is 2.14. The third kappa shape index (κ3) is 2.28. The lowest BCUT2D eigenvalue weighted by molar-refractivity contribution is -0.137. The molecule has 0 saturated heterocycles. The van der Waals surface area contributed by atoms with E-state index in [0.29, 0.717) is 15.9 Å². The van der Waals surface area contributed by atoms with E-state index in [1.54, 1.807) is 18.2 Å². The number of benzene rings is 1. The summed E-state index contributed by atoms with van der Waals surface area (Å²) in [6, 6.07) is 4.87. The van der Waals surface area contributed by atoms with Gasteiger partial charge in [-0.1, -0.05) is 11.6 Å². The Morgan fingerprint density at radius 1 is 1.35 bits per heavy atom. The third-order valence-corrected chi connectivity index (χ3v) is 2.80. The largest absolute Gasteiger partial charge is 0.480 e. The summed E-state index contributed by atoms with van der Waals surface area (Å²) in [6.45, 7) is -0.234. The van der Waals surface area contributed by atoms with E-state index in [-0.39, 0.29) is 12.1 Å². The Bertz CT molecular complexity index is 618. The van der Waals surface area contributed by atoms with E-state index in [4.69, 9.17) is 28.3 Å². The molecule has 0 spiro atoms. The molecule has 1 N–H and O–H groups in total. The maximum atomic E-state index is 11.2. The molecule has 0 saturated carbocycles. The molecule has 2 aromatic rings. The summed E-state index contributed by atoms with van der Waals surface area (Å²) in [5.74, 6) is -0.995. The number of hydrogen-bond donors (Lipinski definition) is 1. The van der Waals surface area contributed by atoms with Crippen LogP contribution in [0.5, 0.6) is 0 Å². The Labute approximate surface area is 106 Å². The Morgan fingerprint density at radius 3 is 2.65 bits per heavy atom. The van der Waals surface area contributed by atoms with Gasteiger partial charge in [-0.3, -0.25) is 9.59 Å². The lowest BCUT2D eigenvalue weighted by Gasteiger charge is -2.00. The summed E-state index contributed by atoms with van der Waals surface area (Å²) < 4.78 is 1.45. The van der Waals surface area contributed by atoms with Crippen molar-refractivity contribution >= 4 is 45.3 Å². The number of nitrogens with zero attached hydrogens (tertiary/aromatic N) is 1. The first-order chi connectivity index (χ1) is 7.99. The zero-order valence-electron chi connectivity index (χ0n) is 8.48. The van der Waals surface area contributed by atoms with Crippen molar-refractivity contribution in [2.45, 2.75) is 6.54 Å². The molecule has 0 aliphatic carbocycles. The highest BCUT2D eigenvalue weighted by atomic mass is 35.5. The van der Waals surface area contributed by atoms with Crippen LogP contribution in [-0.4, -0.2) is 20.9 Å². The fourth-order valence-corrected chi connectivity index (χ4v) is 2.03. The highest BCUT2D eigenvalue weighted by molar-refractivity contribution is 6.68. The Balaban J connectivity index is 2.70. The van der Waals surface area contributed by atoms with Crippen molar-refractivity contribution in [3.63, 3.8) is 0 Å². The standard InChI is InChI=1S/C11H7Cl2NO3/c12-6-1-2-9-7(3-6)8(11(13)17)4-14(9)5-10(15)16/h1-4H,5H2,(H,15,16). The molecule has 0 aliphatic rings. The first kappa shape index (κ1) is 12.0. The van der Waals surface area contributed by atoms with Crippen LogP contribution in [0.1, 0.15) is 10.4 Å². The average Bonchev–Trinajstić information content (AvgIpc) is 2.55. The van der Waals surface area contributed by atoms with E-state index in [1.807, 2.05) is 0 Å². The van der Waals surface area contributed by atoms with Gasteiger partial charge in [-0.05, 0) is 29.8 Å². The normalized spacial score (nSPS) is 10.7. The van der Waals surface area contributed by atoms with Crippen molar-refractivity contribution in [3.05, 3.63) is 35.0 Å². The average molecular weight is 272 g/mol. The van der Waals surface area contributed by atoms with Gasteiger partial charge in [0, 0.05) is 22.1 Å². The van der Waals surface area contributed by atoms with Crippen LogP contribution in [0.2, 0.25) is 5.02 Å². The van der Waals surface area contributed by atoms with Crippen molar-refractivity contribution in [3.8, 4) is 0 Å². The van der Waals surface area contributed by atoms with Gasteiger partial charge in [0.2, 0.25) is 0 Å². The number of carbonyl (C=O) groups excluding carboxylic acids is 1. The maximum Gasteiger partial charge on any atom is 0.323 e. The van der Waals surface area contributed by atoms with Gasteiger partial charge in [-0.2, -0.15) is 0 Å². The Morgan fingerprint density at radius 2 is 2.06 bits per heavy atom. The van der Waals surface area contributed by atoms with Crippen LogP contribution in [0.3, 0.4) is 0 Å². The molecule has 1 aromatic carbocycles. The summed E-state index contributed by atoms with van der Waals surface area (Å²) in [6.07, 6.45) is 1.42. The molecular weight excluding hydrogens is 265 g/mol. The predicted molar refractivity (Wildman–Crippen MR) is 64.8 cm³/mol. The first-order valence-electron chi connectivity index (χ1n) is 4.69. The molecule has 4 nitrogen and oxygen atoms in total. The first-order valence-corrected chi connectivity index (χ1v) is 5.44. The fourth-order valence-electron chi connectivity index (χ4n) is 1.70. The SMILES string of the molecule is O=C(O)Cn1cc(C(=O)Cl)c2cc(Cl)ccc21. The van der Waals surface area contributed by atoms with Gasteiger partial charge in [0.15, 0.2) is 0 Å². The van der Waals surface area contributed by atoms with Gasteiger partial charge < -0.3 is 9.67 Å². The van der Waals surface area contributed by atoms with E-state index in [0.717, 1.165) is 0 Å². The number of aromatic nitrogens is 1. The number of carboxylic acid groups (broad SMARTS) is 1. The van der Waals surface area contributed by atoms with Gasteiger partial charge >= 0.3 is 5.97 Å². The second kappa shape index (κ2) is 4.39. The number of aliphatic carboxylic acids is 1. The van der Waals surface area contributed by atoms with Gasteiger partial charge in [-0.25, -0.2) is 0 Å². The number of hydrogen-bond acceptors (Lipinski definition) is 2. The molecule has 0 amide bonds. The third-order valence-electron chi connectivity index (χ3n) is 2.36. The van der Waals surface area contributed by atoms with Gasteiger partial charge in [-0.15, -0.1) is 0 Å². The number of rotatable bonds is 3. The molecule has 0 unspecified atom stereocenters. The smallest absolute Gasteiger partial charge is 0.323 e. The molecular formula is C11H7Cl2NO3. The number of fused-ring (bicyclic) bond motifs is 1. The Kier molecular flexibility index (Phi) is 3.09. The quantitative estimate of drug-likeness (QED) is 0.874. The number of carbonyl (C=O) groups is 2. The topological polar surface area (TPSA) is 59.3 Å². The van der Waals surface area contributed by atoms with E-state index >= 15 is 0 Å². The molecule has 17 heavy (non-hydrogen) atoms. The van der Waals surface area contributed by atoms with Crippen LogP contribution in [0.15, 0.2) is 24.4 Å². The van der Waals surface area contributed by atoms with Crippen molar-refractivity contribution < 1.29 is 14.7 Å². The van der Waals surface area contributed by atoms with Crippen molar-refractivity contribution in [2.24, 2.45) is 0 Å². The van der Waals surface area contributed by atoms with Crippen molar-refractivity contribution in [2.75, 3.05) is 0 Å². The van der Waals surface area contributed by atoms with E-state index in [2.05, 4.69) is 0 Å². The molecule has 0 fully saturated rings. The van der Waals surface area contributed by atoms with Crippen LogP contribution in [0.25, 0.3) is 10.9 Å². The van der Waals surface area contributed by atoms with Crippen LogP contribution in [-0.2, 0) is 11.3 Å². The summed E-state index contributed by atoms with van der Waals surface area (Å²) in [5.41, 5.74) is 0.867. The lowest BCUT2D eigenvalue weighted by Crippen LogP contribution is -2.07. The van der Waals surface area contributed by atoms with E-state index in [1.165, 1.54) is 10.8 Å². The molecule has 1 heterocycles. The molecule has 0 radical (unpaired) electrons. The van der Waals surface area contributed by atoms with Crippen molar-refractivity contribution in [1.82, 2.24) is 4.57 Å². The molecule has 88 valence electrons. The molecule has 0 bridgehead atoms. The minimum Gasteiger partial charge on any atom is -0.480 e. The maximum absolute atomic E-state index is 11.2. The lowest BCUT2D eigenvalue weighted by atomic mass is 10.2. The molecule has 0 atom stereocenters. The van der Waals surface area contributed by atoms with Crippen LogP contribution in [0, 0.1) is 0 Å². The van der Waals surface area contributed by atoms with Crippen LogP contribution in [0.4, 0.5) is 0 Å². The predicted octanol–water partition coefficient (Wildman–Crippen LogP) is 2.76. The van der Waals surface area contributed by atoms with Crippen molar-refractivity contribution in [1.29, 1.82) is 0 Å². The fraction of sp³-hybridized carbons (Fsp3) is 0.0909. The van der Waals surface area contributed by atoms with Gasteiger partial charge in [0.05, 0.1) is 5.56 Å². The summed E-state index contributed by atoms with van der Waals surface area (Å²) >= 11 is 11.3. The zero-order valence-corrected chi connectivity index (χ0v) is 10.00. The van der Waals surface area contributed by atoms with E-state index < -0.39 is 11.2 Å².